The molecule has 62 heavy (non-hydrogen) atoms. The van der Waals surface area contributed by atoms with E-state index in [0.717, 1.165) is 36.3 Å². The number of thiazole rings is 1. The van der Waals surface area contributed by atoms with E-state index >= 15 is 0 Å². The predicted molar refractivity (Wildman–Crippen MR) is 234 cm³/mol. The number of aliphatic hydroxyl groups is 1. The first-order chi connectivity index (χ1) is 29.3. The second-order valence-corrected chi connectivity index (χ2v) is 17.6. The minimum atomic E-state index is -1.24. The number of hydrogen-bond donors (Lipinski definition) is 6. The first-order valence-electron chi connectivity index (χ1n) is 21.4. The number of phenols is 1. The number of phenolic OH excluding ortho intramolecular Hbond substituents is 1. The molecular formula is C44H67N7O10S. The number of carbonyl (C=O) groups is 6. The molecule has 344 valence electrons. The summed E-state index contributed by atoms with van der Waals surface area (Å²) in [7, 11) is 1.89. The normalized spacial score (nSPS) is 17.0. The Morgan fingerprint density at radius 3 is 2.31 bits per heavy atom. The van der Waals surface area contributed by atoms with E-state index in [1.165, 1.54) is 22.4 Å². The van der Waals surface area contributed by atoms with Crippen LogP contribution in [0.4, 0.5) is 4.79 Å². The average molecular weight is 886 g/mol. The lowest BCUT2D eigenvalue weighted by Crippen LogP contribution is -2.57. The van der Waals surface area contributed by atoms with Gasteiger partial charge < -0.3 is 35.2 Å². The number of nitrogens with one attached hydrogen (secondary N) is 4. The fourth-order valence-corrected chi connectivity index (χ4v) is 7.94. The molecule has 18 heteroatoms. The van der Waals surface area contributed by atoms with Crippen molar-refractivity contribution in [1.29, 1.82) is 0 Å². The summed E-state index contributed by atoms with van der Waals surface area (Å²) in [5, 5.41) is 29.1. The van der Waals surface area contributed by atoms with Gasteiger partial charge in [0.05, 0.1) is 12.6 Å². The molecule has 6 N–H and O–H groups in total. The molecule has 0 saturated carbocycles. The molecule has 17 nitrogen and oxygen atoms in total. The van der Waals surface area contributed by atoms with Crippen LogP contribution in [0.1, 0.15) is 121 Å². The number of likely N-dealkylation sites (tertiary alicyclic amines) is 1. The van der Waals surface area contributed by atoms with Gasteiger partial charge in [-0.2, -0.15) is 0 Å². The summed E-state index contributed by atoms with van der Waals surface area (Å²) in [5.41, 5.74) is 5.91. The SMILES string of the molecule is C/C=C(\C)[C@H](NC(=O)[C@H]1CCCCN1C)C(=O)N(COC(=O)CC(C)C)[C@H](C[C@@H](O)c1nc(C(=O)N[C@@H](Cc2ccc(O)cc2)C[C@H](C)C(=O)NNC(=O)OCC)cs1)C(C)C. The monoisotopic (exact) mass is 885 g/mol. The molecule has 1 aliphatic rings. The summed E-state index contributed by atoms with van der Waals surface area (Å²) in [6.45, 7) is 14.8. The Hall–Kier alpha value is -5.07. The van der Waals surface area contributed by atoms with Crippen LogP contribution in [0, 0.1) is 17.8 Å². The average Bonchev–Trinajstić information content (AvgIpc) is 3.73. The molecule has 2 heterocycles. The van der Waals surface area contributed by atoms with Gasteiger partial charge in [0.2, 0.25) is 11.8 Å². The molecule has 5 amide bonds. The Kier molecular flexibility index (Phi) is 20.8. The van der Waals surface area contributed by atoms with Crippen molar-refractivity contribution in [1.82, 2.24) is 36.3 Å². The highest BCUT2D eigenvalue weighted by atomic mass is 32.1. The van der Waals surface area contributed by atoms with Gasteiger partial charge in [0.25, 0.3) is 11.8 Å². The van der Waals surface area contributed by atoms with Crippen molar-refractivity contribution in [3.63, 3.8) is 0 Å². The van der Waals surface area contributed by atoms with Crippen LogP contribution < -0.4 is 21.5 Å². The zero-order chi connectivity index (χ0) is 46.1. The quantitative estimate of drug-likeness (QED) is 0.0432. The van der Waals surface area contributed by atoms with Crippen molar-refractivity contribution in [2.24, 2.45) is 17.8 Å². The second kappa shape index (κ2) is 25.1. The molecule has 0 radical (unpaired) electrons. The van der Waals surface area contributed by atoms with Crippen LogP contribution in [0.5, 0.6) is 5.75 Å². The molecule has 0 aliphatic carbocycles. The van der Waals surface area contributed by atoms with E-state index in [1.807, 2.05) is 39.6 Å². The Bertz CT molecular complexity index is 1840. The van der Waals surface area contributed by atoms with Crippen LogP contribution >= 0.6 is 11.3 Å². The Morgan fingerprint density at radius 1 is 1.00 bits per heavy atom. The van der Waals surface area contributed by atoms with E-state index in [2.05, 4.69) is 26.5 Å². The maximum Gasteiger partial charge on any atom is 0.426 e. The smallest absolute Gasteiger partial charge is 0.426 e. The van der Waals surface area contributed by atoms with Crippen molar-refractivity contribution in [3.8, 4) is 5.75 Å². The number of hydrazine groups is 1. The van der Waals surface area contributed by atoms with E-state index in [4.69, 9.17) is 9.47 Å². The number of hydrogen-bond acceptors (Lipinski definition) is 13. The minimum Gasteiger partial charge on any atom is -0.508 e. The largest absolute Gasteiger partial charge is 0.508 e. The van der Waals surface area contributed by atoms with Gasteiger partial charge in [0.15, 0.2) is 6.73 Å². The summed E-state index contributed by atoms with van der Waals surface area (Å²) in [5.74, 6) is -3.16. The summed E-state index contributed by atoms with van der Waals surface area (Å²) >= 11 is 1.06. The van der Waals surface area contributed by atoms with Crippen LogP contribution in [-0.2, 0) is 35.1 Å². The first kappa shape index (κ1) is 51.3. The van der Waals surface area contributed by atoms with Crippen LogP contribution in [0.15, 0.2) is 41.3 Å². The summed E-state index contributed by atoms with van der Waals surface area (Å²) in [4.78, 5) is 87.2. The lowest BCUT2D eigenvalue weighted by atomic mass is 9.94. The van der Waals surface area contributed by atoms with Gasteiger partial charge in [-0.3, -0.25) is 34.3 Å². The van der Waals surface area contributed by atoms with E-state index in [0.29, 0.717) is 18.4 Å². The van der Waals surface area contributed by atoms with Gasteiger partial charge in [0, 0.05) is 36.2 Å². The summed E-state index contributed by atoms with van der Waals surface area (Å²) in [6, 6.07) is 3.69. The maximum absolute atomic E-state index is 14.7. The van der Waals surface area contributed by atoms with Crippen molar-refractivity contribution >= 4 is 47.0 Å². The van der Waals surface area contributed by atoms with Gasteiger partial charge in [-0.25, -0.2) is 15.2 Å². The van der Waals surface area contributed by atoms with Gasteiger partial charge in [0.1, 0.15) is 28.6 Å². The number of nitrogens with zero attached hydrogens (tertiary/aromatic N) is 3. The third-order valence-corrected chi connectivity index (χ3v) is 11.8. The topological polar surface area (TPSA) is 229 Å². The highest BCUT2D eigenvalue weighted by molar-refractivity contribution is 7.09. The number of amides is 5. The number of allylic oxidation sites excluding steroid dienone is 1. The highest BCUT2D eigenvalue weighted by Gasteiger charge is 2.37. The number of likely N-dealkylation sites (N-methyl/N-ethyl adjacent to an activating group) is 1. The van der Waals surface area contributed by atoms with Crippen LogP contribution in [0.2, 0.25) is 0 Å². The van der Waals surface area contributed by atoms with Crippen molar-refractivity contribution in [2.45, 2.75) is 131 Å². The van der Waals surface area contributed by atoms with Crippen LogP contribution in [-0.4, -0.2) is 112 Å². The first-order valence-corrected chi connectivity index (χ1v) is 22.3. The number of esters is 1. The molecule has 0 bridgehead atoms. The third kappa shape index (κ3) is 16.0. The lowest BCUT2D eigenvalue weighted by Gasteiger charge is -2.38. The molecule has 2 aromatic rings. The van der Waals surface area contributed by atoms with Crippen molar-refractivity contribution in [2.75, 3.05) is 26.9 Å². The molecule has 0 spiro atoms. The van der Waals surface area contributed by atoms with Gasteiger partial charge in [-0.05, 0) is 95.2 Å². The van der Waals surface area contributed by atoms with Gasteiger partial charge in [-0.15, -0.1) is 11.3 Å². The van der Waals surface area contributed by atoms with E-state index in [-0.39, 0.29) is 60.1 Å². The Morgan fingerprint density at radius 2 is 1.69 bits per heavy atom. The zero-order valence-electron chi connectivity index (χ0n) is 37.6. The maximum atomic E-state index is 14.7. The Balaban J connectivity index is 1.86. The number of ether oxygens (including phenoxy) is 2. The number of carbonyl (C=O) groups excluding carboxylic acids is 6. The summed E-state index contributed by atoms with van der Waals surface area (Å²) < 4.78 is 10.5. The van der Waals surface area contributed by atoms with E-state index in [9.17, 15) is 39.0 Å². The standard InChI is InChI=1S/C44H67N7O10S/c1-10-28(7)38(47-41(57)34-14-12-13-19-50(34)9)43(58)51(25-61-37(54)20-26(3)4)35(27(5)6)23-36(53)42-46-33(24-62-42)40(56)45-31(22-30-15-17-32(52)18-16-30)21-29(8)39(55)48-49-44(59)60-11-2/h10,15-18,24,26-27,29,31,34-36,38,52-53H,11-14,19-23,25H2,1-9H3,(H,45,56)(H,47,57)(H,48,55)(H,49,59)/b28-10+/t29-,31+,34+,35+,36+,38-/m0/s1. The van der Waals surface area contributed by atoms with Gasteiger partial charge >= 0.3 is 12.1 Å². The number of aliphatic hydroxyl groups excluding tert-OH is 1. The number of aromatic hydroxyl groups is 1. The molecular weight excluding hydrogens is 819 g/mol. The second-order valence-electron chi connectivity index (χ2n) is 16.7. The number of aromatic nitrogens is 1. The molecule has 1 saturated heterocycles. The zero-order valence-corrected chi connectivity index (χ0v) is 38.4. The van der Waals surface area contributed by atoms with E-state index in [1.54, 1.807) is 45.9 Å². The number of rotatable bonds is 21. The fraction of sp³-hybridized carbons (Fsp3) is 0.614. The fourth-order valence-electron chi connectivity index (χ4n) is 7.14. The van der Waals surface area contributed by atoms with Crippen LogP contribution in [0.25, 0.3) is 0 Å². The molecule has 1 fully saturated rings. The van der Waals surface area contributed by atoms with Crippen LogP contribution in [0.3, 0.4) is 0 Å². The molecule has 1 aromatic heterocycles. The summed E-state index contributed by atoms with van der Waals surface area (Å²) in [6.07, 6.45) is 2.80. The number of piperidine rings is 1. The van der Waals surface area contributed by atoms with Gasteiger partial charge in [-0.1, -0.05) is 59.2 Å². The molecule has 3 rings (SSSR count). The third-order valence-electron chi connectivity index (χ3n) is 10.8. The lowest BCUT2D eigenvalue weighted by molar-refractivity contribution is -0.158. The van der Waals surface area contributed by atoms with Crippen molar-refractivity contribution in [3.05, 3.63) is 57.6 Å². The van der Waals surface area contributed by atoms with E-state index < -0.39 is 72.7 Å². The number of benzene rings is 1. The minimum absolute atomic E-state index is 0.0153. The molecule has 6 atom stereocenters. The molecule has 1 aromatic carbocycles. The Labute approximate surface area is 369 Å². The molecule has 0 unspecified atom stereocenters. The predicted octanol–water partition coefficient (Wildman–Crippen LogP) is 4.75. The highest BCUT2D eigenvalue weighted by Crippen LogP contribution is 2.29. The molecule has 1 aliphatic heterocycles. The van der Waals surface area contributed by atoms with Crippen molar-refractivity contribution < 1.29 is 48.5 Å².